The number of carboxylic acid groups (broad SMARTS) is 1. The Morgan fingerprint density at radius 1 is 1.38 bits per heavy atom. The summed E-state index contributed by atoms with van der Waals surface area (Å²) in [7, 11) is 0. The van der Waals surface area contributed by atoms with Gasteiger partial charge in [0.2, 0.25) is 5.91 Å². The number of nitrogens with zero attached hydrogens (tertiary/aromatic N) is 1. The molecule has 2 saturated heterocycles. The van der Waals surface area contributed by atoms with Crippen molar-refractivity contribution in [3.63, 3.8) is 0 Å². The van der Waals surface area contributed by atoms with Gasteiger partial charge in [-0.1, -0.05) is 12.4 Å². The Bertz CT molecular complexity index is 822. The highest BCUT2D eigenvalue weighted by molar-refractivity contribution is 6.59. The molecule has 2 unspecified atom stereocenters. The van der Waals surface area contributed by atoms with Crippen LogP contribution in [0.1, 0.15) is 22.3 Å². The van der Waals surface area contributed by atoms with Crippen molar-refractivity contribution >= 4 is 18.6 Å². The second kappa shape index (κ2) is 7.49. The van der Waals surface area contributed by atoms with Gasteiger partial charge in [0.15, 0.2) is 0 Å². The van der Waals surface area contributed by atoms with E-state index >= 15 is 0 Å². The highest BCUT2D eigenvalue weighted by atomic mass is 16.6. The number of hydrogen-bond acceptors (Lipinski definition) is 9. The predicted octanol–water partition coefficient (Wildman–Crippen LogP) is -2.57. The molecule has 0 radical (unpaired) electrons. The van der Waals surface area contributed by atoms with Crippen LogP contribution in [0.5, 0.6) is 11.5 Å². The maximum Gasteiger partial charge on any atom is 0.430 e. The van der Waals surface area contributed by atoms with E-state index in [0.717, 1.165) is 19.5 Å². The van der Waals surface area contributed by atoms with E-state index in [2.05, 4.69) is 5.32 Å². The zero-order valence-corrected chi connectivity index (χ0v) is 15.9. The van der Waals surface area contributed by atoms with Crippen LogP contribution in [0.3, 0.4) is 0 Å². The lowest BCUT2D eigenvalue weighted by molar-refractivity contribution is -0.255. The topological polar surface area (TPSA) is 157 Å². The highest BCUT2D eigenvalue weighted by Gasteiger charge is 2.38. The van der Waals surface area contributed by atoms with Crippen molar-refractivity contribution in [3.8, 4) is 11.5 Å². The summed E-state index contributed by atoms with van der Waals surface area (Å²) < 4.78 is 10.9. The van der Waals surface area contributed by atoms with Gasteiger partial charge in [-0.15, -0.1) is 0 Å². The van der Waals surface area contributed by atoms with E-state index in [0.29, 0.717) is 18.7 Å². The van der Waals surface area contributed by atoms with Crippen molar-refractivity contribution in [2.45, 2.75) is 31.3 Å². The summed E-state index contributed by atoms with van der Waals surface area (Å²) in [6.45, 7) is -0.946. The number of carbonyl (C=O) groups excluding carboxylic acids is 2. The Morgan fingerprint density at radius 3 is 2.79 bits per heavy atom. The Hall–Kier alpha value is -2.34. The molecule has 1 aromatic rings. The van der Waals surface area contributed by atoms with Crippen LogP contribution < -0.4 is 25.5 Å². The average molecular weight is 405 g/mol. The van der Waals surface area contributed by atoms with Gasteiger partial charge in [-0.25, -0.2) is 0 Å². The molecule has 3 heterocycles. The third kappa shape index (κ3) is 3.91. The number of carboxylic acids is 1. The van der Waals surface area contributed by atoms with Gasteiger partial charge in [0.1, 0.15) is 11.9 Å². The number of amides is 1. The number of fused-ring (bicyclic) bond motifs is 1. The van der Waals surface area contributed by atoms with Crippen molar-refractivity contribution in [3.05, 3.63) is 23.3 Å². The van der Waals surface area contributed by atoms with Gasteiger partial charge >= 0.3 is 6.75 Å². The molecule has 5 N–H and O–H groups in total. The Morgan fingerprint density at radius 2 is 2.14 bits per heavy atom. The van der Waals surface area contributed by atoms with Crippen LogP contribution in [0.4, 0.5) is 0 Å². The molecule has 10 nitrogen and oxygen atoms in total. The Kier molecular flexibility index (Phi) is 5.15. The molecule has 2 fully saturated rings. The number of likely N-dealkylation sites (tertiary alicyclic amines) is 1. The second-order valence-corrected chi connectivity index (χ2v) is 7.99. The molecule has 158 valence electrons. The van der Waals surface area contributed by atoms with E-state index in [4.69, 9.17) is 15.1 Å². The average Bonchev–Trinajstić information content (AvgIpc) is 3.16. The summed E-state index contributed by atoms with van der Waals surface area (Å²) in [5, 5.41) is 34.4. The van der Waals surface area contributed by atoms with Crippen LogP contribution in [0.25, 0.3) is 0 Å². The third-order valence-corrected chi connectivity index (χ3v) is 5.85. The molecule has 0 spiro atoms. The number of benzene rings is 1. The van der Waals surface area contributed by atoms with Crippen LogP contribution in [0, 0.1) is 5.92 Å². The minimum atomic E-state index is -3.12. The lowest BCUT2D eigenvalue weighted by Gasteiger charge is -2.42. The quantitative estimate of drug-likeness (QED) is 0.387. The van der Waals surface area contributed by atoms with Gasteiger partial charge in [-0.3, -0.25) is 4.79 Å². The van der Waals surface area contributed by atoms with Gasteiger partial charge in [0, 0.05) is 0 Å². The standard InChI is InChI=1S/C18H25BN3O7/c20-15(11-4-6-21-7-11)17(23)22-8-12(9-22)28-13-2-1-10-3-5-19(26,27)29-16(10)14(13)18(24)25/h1-2,11-12,15,21,26-27H,3-9,20H2,(H,24,25)/q-1/p-1. The summed E-state index contributed by atoms with van der Waals surface area (Å²) in [4.78, 5) is 25.8. The summed E-state index contributed by atoms with van der Waals surface area (Å²) in [6, 6.07) is 2.57. The number of nitrogens with two attached hydrogens (primary N) is 1. The summed E-state index contributed by atoms with van der Waals surface area (Å²) in [5.41, 5.74) is 6.26. The van der Waals surface area contributed by atoms with Crippen molar-refractivity contribution in [2.24, 2.45) is 11.7 Å². The largest absolute Gasteiger partial charge is 0.669 e. The number of aryl methyl sites for hydroxylation is 1. The minimum absolute atomic E-state index is 0.0126. The van der Waals surface area contributed by atoms with Gasteiger partial charge < -0.3 is 45.3 Å². The van der Waals surface area contributed by atoms with Crippen LogP contribution in [-0.2, 0) is 11.2 Å². The lowest BCUT2D eigenvalue weighted by atomic mass is 9.70. The predicted molar refractivity (Wildman–Crippen MR) is 100 cm³/mol. The molecule has 4 rings (SSSR count). The zero-order chi connectivity index (χ0) is 20.8. The first-order chi connectivity index (χ1) is 13.7. The van der Waals surface area contributed by atoms with E-state index < -0.39 is 24.9 Å². The van der Waals surface area contributed by atoms with Crippen molar-refractivity contribution in [2.75, 3.05) is 26.2 Å². The lowest BCUT2D eigenvalue weighted by Crippen LogP contribution is -2.61. The molecule has 2 atom stereocenters. The first-order valence-electron chi connectivity index (χ1n) is 9.83. The van der Waals surface area contributed by atoms with Crippen LogP contribution >= 0.6 is 0 Å². The molecule has 0 bridgehead atoms. The van der Waals surface area contributed by atoms with E-state index in [1.54, 1.807) is 11.0 Å². The molecule has 0 aromatic heterocycles. The zero-order valence-electron chi connectivity index (χ0n) is 15.9. The molecular formula is C18H24BN3O7-2. The van der Waals surface area contributed by atoms with Gasteiger partial charge in [0.05, 0.1) is 36.4 Å². The van der Waals surface area contributed by atoms with Crippen molar-refractivity contribution in [1.29, 1.82) is 0 Å². The first kappa shape index (κ1) is 20.0. The second-order valence-electron chi connectivity index (χ2n) is 7.99. The van der Waals surface area contributed by atoms with E-state index in [9.17, 15) is 24.7 Å². The maximum absolute atomic E-state index is 12.5. The molecule has 0 saturated carbocycles. The minimum Gasteiger partial charge on any atom is -0.669 e. The molecule has 0 aliphatic carbocycles. The monoisotopic (exact) mass is 405 g/mol. The number of ether oxygens (including phenoxy) is 1. The van der Waals surface area contributed by atoms with E-state index in [-0.39, 0.29) is 41.6 Å². The molecule has 11 heteroatoms. The van der Waals surface area contributed by atoms with Crippen molar-refractivity contribution in [1.82, 2.24) is 10.2 Å². The van der Waals surface area contributed by atoms with Crippen LogP contribution in [0.15, 0.2) is 12.1 Å². The van der Waals surface area contributed by atoms with Crippen molar-refractivity contribution < 1.29 is 34.1 Å². The molecule has 29 heavy (non-hydrogen) atoms. The normalized spacial score (nSPS) is 24.2. The fourth-order valence-corrected chi connectivity index (χ4v) is 4.09. The maximum atomic E-state index is 12.5. The van der Waals surface area contributed by atoms with Crippen LogP contribution in [0.2, 0.25) is 6.32 Å². The van der Waals surface area contributed by atoms with Gasteiger partial charge in [-0.2, -0.15) is 0 Å². The third-order valence-electron chi connectivity index (χ3n) is 5.85. The fourth-order valence-electron chi connectivity index (χ4n) is 4.09. The van der Waals surface area contributed by atoms with Crippen LogP contribution in [-0.4, -0.2) is 71.9 Å². The molecule has 3 aliphatic rings. The summed E-state index contributed by atoms with van der Waals surface area (Å²) >= 11 is 0. The highest BCUT2D eigenvalue weighted by Crippen LogP contribution is 2.38. The summed E-state index contributed by atoms with van der Waals surface area (Å²) in [5.74, 6) is -1.68. The smallest absolute Gasteiger partial charge is 0.430 e. The number of aromatic carboxylic acids is 1. The molecular weight excluding hydrogens is 381 g/mol. The summed E-state index contributed by atoms with van der Waals surface area (Å²) in [6.07, 6.45) is 0.716. The number of carbonyl (C=O) groups is 2. The number of nitrogens with one attached hydrogen (secondary N) is 1. The molecule has 3 aliphatic heterocycles. The molecule has 1 aromatic carbocycles. The molecule has 1 amide bonds. The van der Waals surface area contributed by atoms with E-state index in [1.165, 1.54) is 6.07 Å². The Balaban J connectivity index is 1.43. The number of rotatable bonds is 5. The number of hydrogen-bond donors (Lipinski definition) is 4. The SMILES string of the molecule is NC(C(=O)N1CC(Oc2ccc3c(c2C(=O)[O-])O[B-](O)(O)CC3)C1)C1CCNC1. The fraction of sp³-hybridized carbons (Fsp3) is 0.556. The van der Waals surface area contributed by atoms with Gasteiger partial charge in [-0.05, 0) is 43.5 Å². The Labute approximate surface area is 167 Å². The first-order valence-corrected chi connectivity index (χ1v) is 9.83. The van der Waals surface area contributed by atoms with E-state index in [1.807, 2.05) is 0 Å². The van der Waals surface area contributed by atoms with Gasteiger partial charge in [0.25, 0.3) is 0 Å².